The molecular formula is C22H31N5O2S. The number of aromatic nitrogens is 4. The minimum absolute atomic E-state index is 0.145. The Morgan fingerprint density at radius 2 is 1.83 bits per heavy atom. The van der Waals surface area contributed by atoms with Crippen LogP contribution in [0.4, 0.5) is 0 Å². The molecule has 0 fully saturated rings. The summed E-state index contributed by atoms with van der Waals surface area (Å²) in [6.45, 7) is 6.18. The Morgan fingerprint density at radius 1 is 1.10 bits per heavy atom. The van der Waals surface area contributed by atoms with Crippen molar-refractivity contribution in [1.29, 1.82) is 0 Å². The normalized spacial score (nSPS) is 12.2. The molecule has 8 heteroatoms. The van der Waals surface area contributed by atoms with Gasteiger partial charge in [-0.2, -0.15) is 0 Å². The van der Waals surface area contributed by atoms with Gasteiger partial charge in [0, 0.05) is 44.8 Å². The van der Waals surface area contributed by atoms with Gasteiger partial charge >= 0.3 is 0 Å². The van der Waals surface area contributed by atoms with E-state index in [4.69, 9.17) is 0 Å². The Hall–Kier alpha value is -2.45. The number of benzene rings is 1. The molecule has 0 N–H and O–H groups in total. The lowest BCUT2D eigenvalue weighted by molar-refractivity contribution is 0.191. The van der Waals surface area contributed by atoms with Gasteiger partial charge in [-0.1, -0.05) is 30.3 Å². The van der Waals surface area contributed by atoms with E-state index in [0.29, 0.717) is 19.6 Å². The SMILES string of the molecule is CC(C)N(Cc1nccn1C)Cc1cnc(S(C)(=O)=O)n1CCCc1ccccc1. The molecule has 0 saturated heterocycles. The Bertz CT molecular complexity index is 1050. The second-order valence-electron chi connectivity index (χ2n) is 8.00. The minimum Gasteiger partial charge on any atom is -0.337 e. The average Bonchev–Trinajstić information content (AvgIpc) is 3.28. The van der Waals surface area contributed by atoms with Crippen LogP contribution in [-0.2, 0) is 42.9 Å². The van der Waals surface area contributed by atoms with E-state index in [-0.39, 0.29) is 11.2 Å². The zero-order valence-electron chi connectivity index (χ0n) is 18.2. The third-order valence-corrected chi connectivity index (χ3v) is 6.27. The van der Waals surface area contributed by atoms with Crippen LogP contribution < -0.4 is 0 Å². The maximum absolute atomic E-state index is 12.3. The maximum atomic E-state index is 12.3. The number of rotatable bonds is 10. The highest BCUT2D eigenvalue weighted by molar-refractivity contribution is 7.90. The minimum atomic E-state index is -3.40. The molecule has 0 unspecified atom stereocenters. The summed E-state index contributed by atoms with van der Waals surface area (Å²) in [5.41, 5.74) is 2.16. The lowest BCUT2D eigenvalue weighted by Crippen LogP contribution is -2.32. The van der Waals surface area contributed by atoms with Crippen LogP contribution in [0.5, 0.6) is 0 Å². The van der Waals surface area contributed by atoms with Crippen molar-refractivity contribution in [2.45, 2.75) is 57.5 Å². The molecule has 162 valence electrons. The second-order valence-corrected chi connectivity index (χ2v) is 9.91. The molecule has 0 spiro atoms. The number of imidazole rings is 2. The van der Waals surface area contributed by atoms with Crippen LogP contribution in [0.2, 0.25) is 0 Å². The molecule has 0 amide bonds. The topological polar surface area (TPSA) is 73.0 Å². The first-order chi connectivity index (χ1) is 14.3. The van der Waals surface area contributed by atoms with Gasteiger partial charge in [-0.05, 0) is 32.3 Å². The third-order valence-electron chi connectivity index (χ3n) is 5.28. The van der Waals surface area contributed by atoms with Crippen molar-refractivity contribution in [1.82, 2.24) is 24.0 Å². The van der Waals surface area contributed by atoms with Crippen LogP contribution in [0.3, 0.4) is 0 Å². The van der Waals surface area contributed by atoms with Crippen LogP contribution in [-0.4, -0.2) is 44.7 Å². The molecule has 3 rings (SSSR count). The van der Waals surface area contributed by atoms with E-state index >= 15 is 0 Å². The molecule has 2 aromatic heterocycles. The summed E-state index contributed by atoms with van der Waals surface area (Å²) in [7, 11) is -1.42. The average molecular weight is 430 g/mol. The second kappa shape index (κ2) is 9.57. The van der Waals surface area contributed by atoms with Crippen LogP contribution in [0.25, 0.3) is 0 Å². The monoisotopic (exact) mass is 429 g/mol. The Labute approximate surface area is 179 Å². The Morgan fingerprint density at radius 3 is 2.43 bits per heavy atom. The van der Waals surface area contributed by atoms with Gasteiger partial charge in [0.15, 0.2) is 0 Å². The lowest BCUT2D eigenvalue weighted by atomic mass is 10.1. The zero-order valence-corrected chi connectivity index (χ0v) is 19.0. The highest BCUT2D eigenvalue weighted by Crippen LogP contribution is 2.18. The summed E-state index contributed by atoms with van der Waals surface area (Å²) < 4.78 is 28.5. The third kappa shape index (κ3) is 5.58. The largest absolute Gasteiger partial charge is 0.337 e. The molecule has 0 aliphatic heterocycles. The first kappa shape index (κ1) is 22.2. The molecule has 7 nitrogen and oxygen atoms in total. The maximum Gasteiger partial charge on any atom is 0.227 e. The Balaban J connectivity index is 1.80. The van der Waals surface area contributed by atoms with Crippen molar-refractivity contribution in [2.75, 3.05) is 6.26 Å². The fourth-order valence-corrected chi connectivity index (χ4v) is 4.35. The predicted octanol–water partition coefficient (Wildman–Crippen LogP) is 3.06. The van der Waals surface area contributed by atoms with E-state index in [0.717, 1.165) is 24.4 Å². The summed E-state index contributed by atoms with van der Waals surface area (Å²) in [6.07, 6.45) is 8.39. The molecule has 0 saturated carbocycles. The highest BCUT2D eigenvalue weighted by atomic mass is 32.2. The number of sulfone groups is 1. The molecule has 0 bridgehead atoms. The van der Waals surface area contributed by atoms with Crippen molar-refractivity contribution in [3.63, 3.8) is 0 Å². The fraction of sp³-hybridized carbons (Fsp3) is 0.455. The zero-order chi connectivity index (χ0) is 21.7. The molecule has 0 atom stereocenters. The van der Waals surface area contributed by atoms with E-state index < -0.39 is 9.84 Å². The molecule has 0 aliphatic rings. The number of aryl methyl sites for hydroxylation is 2. The van der Waals surface area contributed by atoms with Crippen LogP contribution in [0.15, 0.2) is 54.1 Å². The van der Waals surface area contributed by atoms with Gasteiger partial charge < -0.3 is 9.13 Å². The van der Waals surface area contributed by atoms with Crippen molar-refractivity contribution >= 4 is 9.84 Å². The van der Waals surface area contributed by atoms with E-state index in [1.165, 1.54) is 11.8 Å². The standard InChI is InChI=1S/C22H31N5O2S/c1-18(2)26(17-21-23-12-14-25(21)3)16-20-15-24-22(30(4,28)29)27(20)13-8-11-19-9-6-5-7-10-19/h5-7,9-10,12,14-15,18H,8,11,13,16-17H2,1-4H3. The summed E-state index contributed by atoms with van der Waals surface area (Å²) in [6, 6.07) is 10.5. The molecule has 0 radical (unpaired) electrons. The van der Waals surface area contributed by atoms with E-state index in [1.807, 2.05) is 40.6 Å². The van der Waals surface area contributed by atoms with Gasteiger partial charge in [-0.15, -0.1) is 0 Å². The first-order valence-corrected chi connectivity index (χ1v) is 12.1. The highest BCUT2D eigenvalue weighted by Gasteiger charge is 2.21. The molecule has 0 aliphatic carbocycles. The van der Waals surface area contributed by atoms with Crippen LogP contribution in [0.1, 0.15) is 37.4 Å². The van der Waals surface area contributed by atoms with Crippen molar-refractivity contribution in [3.8, 4) is 0 Å². The summed E-state index contributed by atoms with van der Waals surface area (Å²) in [5.74, 6) is 0.974. The van der Waals surface area contributed by atoms with Crippen molar-refractivity contribution in [3.05, 3.63) is 66.0 Å². The summed E-state index contributed by atoms with van der Waals surface area (Å²) in [4.78, 5) is 11.0. The smallest absolute Gasteiger partial charge is 0.227 e. The van der Waals surface area contributed by atoms with Gasteiger partial charge in [-0.3, -0.25) is 4.90 Å². The lowest BCUT2D eigenvalue weighted by Gasteiger charge is -2.26. The fourth-order valence-electron chi connectivity index (χ4n) is 3.50. The first-order valence-electron chi connectivity index (χ1n) is 10.2. The Kier molecular flexibility index (Phi) is 7.10. The van der Waals surface area contributed by atoms with Gasteiger partial charge in [0.05, 0.1) is 18.4 Å². The molecule has 2 heterocycles. The van der Waals surface area contributed by atoms with Crippen molar-refractivity contribution in [2.24, 2.45) is 7.05 Å². The van der Waals surface area contributed by atoms with Gasteiger partial charge in [0.25, 0.3) is 0 Å². The number of nitrogens with zero attached hydrogens (tertiary/aromatic N) is 5. The predicted molar refractivity (Wildman–Crippen MR) is 118 cm³/mol. The van der Waals surface area contributed by atoms with Crippen LogP contribution >= 0.6 is 0 Å². The number of hydrogen-bond donors (Lipinski definition) is 0. The molecule has 1 aromatic carbocycles. The summed E-state index contributed by atoms with van der Waals surface area (Å²) >= 11 is 0. The van der Waals surface area contributed by atoms with Gasteiger partial charge in [0.1, 0.15) is 5.82 Å². The van der Waals surface area contributed by atoms with Gasteiger partial charge in [0.2, 0.25) is 15.0 Å². The van der Waals surface area contributed by atoms with Crippen molar-refractivity contribution < 1.29 is 8.42 Å². The van der Waals surface area contributed by atoms with Gasteiger partial charge in [-0.25, -0.2) is 18.4 Å². The quantitative estimate of drug-likeness (QED) is 0.495. The molecule has 30 heavy (non-hydrogen) atoms. The number of hydrogen-bond acceptors (Lipinski definition) is 5. The molecular weight excluding hydrogens is 398 g/mol. The molecule has 3 aromatic rings. The van der Waals surface area contributed by atoms with E-state index in [2.05, 4.69) is 40.8 Å². The summed E-state index contributed by atoms with van der Waals surface area (Å²) in [5, 5.41) is 0.145. The van der Waals surface area contributed by atoms with Crippen LogP contribution in [0, 0.1) is 0 Å². The van der Waals surface area contributed by atoms with E-state index in [9.17, 15) is 8.42 Å². The van der Waals surface area contributed by atoms with E-state index in [1.54, 1.807) is 12.4 Å².